The van der Waals surface area contributed by atoms with E-state index in [2.05, 4.69) is 35.8 Å². The summed E-state index contributed by atoms with van der Waals surface area (Å²) in [5, 5.41) is 2.61. The van der Waals surface area contributed by atoms with Gasteiger partial charge in [0.1, 0.15) is 16.7 Å². The highest BCUT2D eigenvalue weighted by atomic mass is 32.2. The number of carbonyl (C=O) groups excluding carboxylic acids is 1. The number of ether oxygens (including phenoxy) is 1. The van der Waals surface area contributed by atoms with Gasteiger partial charge >= 0.3 is 0 Å². The van der Waals surface area contributed by atoms with Crippen molar-refractivity contribution in [3.05, 3.63) is 64.6 Å². The van der Waals surface area contributed by atoms with Crippen molar-refractivity contribution in [2.45, 2.75) is 11.5 Å². The Hall–Kier alpha value is -1.76. The van der Waals surface area contributed by atoms with Crippen LogP contribution in [0.1, 0.15) is 11.1 Å². The molecule has 1 fully saturated rings. The molecule has 0 saturated carbocycles. The molecule has 2 aromatic carbocycles. The second-order valence-corrected chi connectivity index (χ2v) is 7.66. The molecule has 1 amide bonds. The van der Waals surface area contributed by atoms with Crippen molar-refractivity contribution < 1.29 is 9.53 Å². The molecule has 0 aromatic heterocycles. The zero-order chi connectivity index (χ0) is 16.9. The number of carbonyl (C=O) groups is 1. The van der Waals surface area contributed by atoms with Gasteiger partial charge in [0.25, 0.3) is 5.91 Å². The number of hydrogen-bond acceptors (Lipinski definition) is 5. The zero-order valence-electron chi connectivity index (χ0n) is 12.9. The summed E-state index contributed by atoms with van der Waals surface area (Å²) < 4.78 is 6.34. The maximum Gasteiger partial charge on any atom is 0.263 e. The summed E-state index contributed by atoms with van der Waals surface area (Å²) in [6.45, 7) is 0.508. The zero-order valence-corrected chi connectivity index (χ0v) is 15.4. The van der Waals surface area contributed by atoms with E-state index in [0.29, 0.717) is 15.8 Å². The van der Waals surface area contributed by atoms with Gasteiger partial charge in [0.05, 0.1) is 4.91 Å². The summed E-state index contributed by atoms with van der Waals surface area (Å²) in [4.78, 5) is 13.6. The van der Waals surface area contributed by atoms with Crippen LogP contribution in [0.3, 0.4) is 0 Å². The van der Waals surface area contributed by atoms with Gasteiger partial charge in [-0.3, -0.25) is 4.79 Å². The molecule has 1 heterocycles. The summed E-state index contributed by atoms with van der Waals surface area (Å²) in [6.07, 6.45) is 3.88. The first kappa shape index (κ1) is 17.1. The molecule has 0 unspecified atom stereocenters. The van der Waals surface area contributed by atoms with E-state index in [1.165, 1.54) is 16.7 Å². The number of rotatable bonds is 5. The monoisotopic (exact) mass is 373 g/mol. The molecule has 6 heteroatoms. The Bertz CT molecular complexity index is 800. The molecule has 2 aromatic rings. The third-order valence-corrected chi connectivity index (χ3v) is 5.27. The minimum absolute atomic E-state index is 0.148. The third kappa shape index (κ3) is 4.41. The van der Waals surface area contributed by atoms with Crippen LogP contribution >= 0.6 is 35.7 Å². The lowest BCUT2D eigenvalue weighted by atomic mass is 10.2. The van der Waals surface area contributed by atoms with Gasteiger partial charge < -0.3 is 10.1 Å². The third-order valence-electron chi connectivity index (χ3n) is 3.36. The Morgan fingerprint density at radius 1 is 1.25 bits per heavy atom. The van der Waals surface area contributed by atoms with Crippen LogP contribution in [0.5, 0.6) is 5.75 Å². The van der Waals surface area contributed by atoms with Gasteiger partial charge in [0.15, 0.2) is 0 Å². The normalized spacial score (nSPS) is 15.6. The Labute approximate surface area is 154 Å². The fourth-order valence-corrected chi connectivity index (χ4v) is 3.61. The van der Waals surface area contributed by atoms with Crippen molar-refractivity contribution in [1.82, 2.24) is 5.32 Å². The fourth-order valence-electron chi connectivity index (χ4n) is 2.15. The molecule has 0 radical (unpaired) electrons. The lowest BCUT2D eigenvalue weighted by Crippen LogP contribution is -2.17. The van der Waals surface area contributed by atoms with E-state index in [9.17, 15) is 4.79 Å². The van der Waals surface area contributed by atoms with Crippen LogP contribution in [0.15, 0.2) is 58.3 Å². The molecule has 1 aliphatic heterocycles. The topological polar surface area (TPSA) is 38.3 Å². The highest BCUT2D eigenvalue weighted by molar-refractivity contribution is 8.26. The Morgan fingerprint density at radius 3 is 2.71 bits per heavy atom. The molecule has 1 aliphatic rings. The van der Waals surface area contributed by atoms with Gasteiger partial charge in [-0.1, -0.05) is 48.2 Å². The molecule has 24 heavy (non-hydrogen) atoms. The number of hydrogen-bond donors (Lipinski definition) is 1. The molecule has 0 atom stereocenters. The largest absolute Gasteiger partial charge is 0.489 e. The van der Waals surface area contributed by atoms with Crippen LogP contribution in [0.25, 0.3) is 6.08 Å². The second-order valence-electron chi connectivity index (χ2n) is 5.06. The second kappa shape index (κ2) is 7.88. The first-order valence-electron chi connectivity index (χ1n) is 7.25. The number of thiocarbonyl (C=S) groups is 1. The predicted molar refractivity (Wildman–Crippen MR) is 105 cm³/mol. The smallest absolute Gasteiger partial charge is 0.263 e. The Kier molecular flexibility index (Phi) is 5.60. The van der Waals surface area contributed by atoms with Crippen LogP contribution in [-0.2, 0) is 11.4 Å². The minimum atomic E-state index is -0.148. The maximum atomic E-state index is 11.7. The van der Waals surface area contributed by atoms with Crippen molar-refractivity contribution in [2.24, 2.45) is 0 Å². The van der Waals surface area contributed by atoms with Crippen molar-refractivity contribution >= 4 is 52.0 Å². The quantitative estimate of drug-likeness (QED) is 0.475. The summed E-state index contributed by atoms with van der Waals surface area (Å²) in [6, 6.07) is 16.0. The van der Waals surface area contributed by atoms with Gasteiger partial charge in [-0.05, 0) is 47.7 Å². The van der Waals surface area contributed by atoms with Crippen molar-refractivity contribution in [1.29, 1.82) is 0 Å². The molecule has 122 valence electrons. The Morgan fingerprint density at radius 2 is 2.04 bits per heavy atom. The number of thioether (sulfide) groups is 2. The highest BCUT2D eigenvalue weighted by Gasteiger charge is 2.21. The maximum absolute atomic E-state index is 11.7. The van der Waals surface area contributed by atoms with Crippen LogP contribution in [0, 0.1) is 0 Å². The van der Waals surface area contributed by atoms with E-state index in [-0.39, 0.29) is 5.91 Å². The van der Waals surface area contributed by atoms with Crippen LogP contribution in [0.4, 0.5) is 0 Å². The SMILES string of the molecule is CSc1ccc(COc2cccc(C=C3SC(=S)NC3=O)c2)cc1. The lowest BCUT2D eigenvalue weighted by molar-refractivity contribution is -0.115. The molecule has 1 N–H and O–H groups in total. The molecule has 3 nitrogen and oxygen atoms in total. The summed E-state index contributed by atoms with van der Waals surface area (Å²) >= 11 is 7.99. The van der Waals surface area contributed by atoms with Crippen LogP contribution in [0.2, 0.25) is 0 Å². The predicted octanol–water partition coefficient (Wildman–Crippen LogP) is 4.48. The van der Waals surface area contributed by atoms with E-state index in [4.69, 9.17) is 17.0 Å². The van der Waals surface area contributed by atoms with Gasteiger partial charge in [0.2, 0.25) is 0 Å². The molecular weight excluding hydrogens is 358 g/mol. The van der Waals surface area contributed by atoms with E-state index < -0.39 is 0 Å². The van der Waals surface area contributed by atoms with Crippen molar-refractivity contribution in [3.63, 3.8) is 0 Å². The van der Waals surface area contributed by atoms with E-state index in [1.807, 2.05) is 30.3 Å². The van der Waals surface area contributed by atoms with E-state index in [0.717, 1.165) is 16.9 Å². The first-order chi connectivity index (χ1) is 11.6. The fraction of sp³-hybridized carbons (Fsp3) is 0.111. The van der Waals surface area contributed by atoms with Crippen molar-refractivity contribution in [3.8, 4) is 5.75 Å². The van der Waals surface area contributed by atoms with Crippen LogP contribution in [-0.4, -0.2) is 16.5 Å². The molecule has 0 spiro atoms. The molecule has 0 aliphatic carbocycles. The first-order valence-corrected chi connectivity index (χ1v) is 9.69. The number of benzene rings is 2. The highest BCUT2D eigenvalue weighted by Crippen LogP contribution is 2.27. The van der Waals surface area contributed by atoms with E-state index >= 15 is 0 Å². The van der Waals surface area contributed by atoms with Gasteiger partial charge in [0, 0.05) is 4.90 Å². The van der Waals surface area contributed by atoms with Gasteiger partial charge in [-0.25, -0.2) is 0 Å². The minimum Gasteiger partial charge on any atom is -0.489 e. The van der Waals surface area contributed by atoms with E-state index in [1.54, 1.807) is 11.8 Å². The molecule has 3 rings (SSSR count). The average molecular weight is 374 g/mol. The summed E-state index contributed by atoms with van der Waals surface area (Å²) in [5.74, 6) is 0.620. The standard InChI is InChI=1S/C18H15NO2S3/c1-23-15-7-5-12(6-8-15)11-21-14-4-2-3-13(9-14)10-16-17(20)19-18(22)24-16/h2-10H,11H2,1H3,(H,19,20,22). The molecular formula is C18H15NO2S3. The van der Waals surface area contributed by atoms with Crippen LogP contribution < -0.4 is 10.1 Å². The van der Waals surface area contributed by atoms with Crippen molar-refractivity contribution in [2.75, 3.05) is 6.26 Å². The van der Waals surface area contributed by atoms with Gasteiger partial charge in [-0.15, -0.1) is 11.8 Å². The molecule has 0 bridgehead atoms. The molecule has 1 saturated heterocycles. The average Bonchev–Trinajstić information content (AvgIpc) is 2.91. The lowest BCUT2D eigenvalue weighted by Gasteiger charge is -2.07. The number of amides is 1. The van der Waals surface area contributed by atoms with Gasteiger partial charge in [-0.2, -0.15) is 0 Å². The Balaban J connectivity index is 1.68. The summed E-state index contributed by atoms with van der Waals surface area (Å²) in [5.41, 5.74) is 2.03. The summed E-state index contributed by atoms with van der Waals surface area (Å²) in [7, 11) is 0. The number of nitrogens with one attached hydrogen (secondary N) is 1.